The fraction of sp³-hybridized carbons (Fsp3) is 0.333. The number of nitrogens with zero attached hydrogens (tertiary/aromatic N) is 1. The van der Waals surface area contributed by atoms with Gasteiger partial charge in [-0.05, 0) is 39.3 Å². The van der Waals surface area contributed by atoms with E-state index >= 15 is 0 Å². The fourth-order valence-electron chi connectivity index (χ4n) is 2.46. The molecule has 0 bridgehead atoms. The molecule has 2 rings (SSSR count). The SMILES string of the molecule is CCOC(=O)c1[nH]c(C)c(C(=O)O[C@H](C)C(=O)Nc2ncc(Cl)cc2Cl)c1C. The minimum absolute atomic E-state index is 0.0950. The number of esters is 2. The van der Waals surface area contributed by atoms with Gasteiger partial charge in [-0.1, -0.05) is 23.2 Å². The number of hydrogen-bond acceptors (Lipinski definition) is 6. The zero-order valence-electron chi connectivity index (χ0n) is 15.7. The summed E-state index contributed by atoms with van der Waals surface area (Å²) in [5, 5.41) is 2.93. The molecular weight excluding hydrogens is 409 g/mol. The van der Waals surface area contributed by atoms with Crippen LogP contribution >= 0.6 is 23.2 Å². The number of ether oxygens (including phenoxy) is 2. The molecule has 28 heavy (non-hydrogen) atoms. The molecule has 0 unspecified atom stereocenters. The van der Waals surface area contributed by atoms with E-state index in [0.717, 1.165) is 0 Å². The van der Waals surface area contributed by atoms with Crippen molar-refractivity contribution >= 4 is 46.9 Å². The normalized spacial score (nSPS) is 11.6. The zero-order valence-corrected chi connectivity index (χ0v) is 17.2. The van der Waals surface area contributed by atoms with Crippen LogP contribution in [0.1, 0.15) is 46.0 Å². The summed E-state index contributed by atoms with van der Waals surface area (Å²) in [6.45, 7) is 6.50. The molecule has 0 saturated carbocycles. The van der Waals surface area contributed by atoms with Crippen LogP contribution in [-0.2, 0) is 14.3 Å². The molecule has 2 N–H and O–H groups in total. The Hall–Kier alpha value is -2.58. The molecule has 0 aliphatic carbocycles. The molecule has 0 radical (unpaired) electrons. The maximum absolute atomic E-state index is 12.5. The standard InChI is InChI=1S/C18H19Cl2N3O5/c1-5-27-18(26)14-8(2)13(9(3)22-14)17(25)28-10(4)16(24)23-15-12(20)6-11(19)7-21-15/h6-7,10,22H,5H2,1-4H3,(H,21,23,24)/t10-/m1/s1. The van der Waals surface area contributed by atoms with Crippen LogP contribution in [0, 0.1) is 13.8 Å². The highest BCUT2D eigenvalue weighted by Crippen LogP contribution is 2.23. The first-order chi connectivity index (χ1) is 13.1. The van der Waals surface area contributed by atoms with Gasteiger partial charge in [0.1, 0.15) is 5.69 Å². The number of rotatable bonds is 6. The van der Waals surface area contributed by atoms with Crippen LogP contribution < -0.4 is 5.32 Å². The first kappa shape index (κ1) is 21.7. The minimum Gasteiger partial charge on any atom is -0.461 e. The molecule has 1 amide bonds. The molecular formula is C18H19Cl2N3O5. The van der Waals surface area contributed by atoms with Gasteiger partial charge in [0, 0.05) is 11.9 Å². The molecule has 150 valence electrons. The van der Waals surface area contributed by atoms with Crippen LogP contribution in [0.5, 0.6) is 0 Å². The number of nitrogens with one attached hydrogen (secondary N) is 2. The Bertz CT molecular complexity index is 926. The van der Waals surface area contributed by atoms with Gasteiger partial charge in [0.25, 0.3) is 5.91 Å². The van der Waals surface area contributed by atoms with Crippen molar-refractivity contribution in [3.8, 4) is 0 Å². The summed E-state index contributed by atoms with van der Waals surface area (Å²) in [5.41, 5.74) is 1.16. The zero-order chi connectivity index (χ0) is 21.0. The van der Waals surface area contributed by atoms with Gasteiger partial charge < -0.3 is 19.8 Å². The number of H-pyrrole nitrogens is 1. The van der Waals surface area contributed by atoms with Crippen molar-refractivity contribution in [3.05, 3.63) is 44.8 Å². The quantitative estimate of drug-likeness (QED) is 0.679. The Morgan fingerprint density at radius 3 is 2.54 bits per heavy atom. The van der Waals surface area contributed by atoms with Gasteiger partial charge in [-0.2, -0.15) is 0 Å². The summed E-state index contributed by atoms with van der Waals surface area (Å²) in [4.78, 5) is 43.5. The summed E-state index contributed by atoms with van der Waals surface area (Å²) in [7, 11) is 0. The number of aromatic nitrogens is 2. The third-order valence-corrected chi connectivity index (χ3v) is 4.32. The van der Waals surface area contributed by atoms with E-state index < -0.39 is 23.9 Å². The second kappa shape index (κ2) is 9.07. The van der Waals surface area contributed by atoms with E-state index in [1.165, 1.54) is 19.2 Å². The fourth-order valence-corrected chi connectivity index (χ4v) is 2.89. The lowest BCUT2D eigenvalue weighted by Crippen LogP contribution is -2.30. The number of aromatic amines is 1. The molecule has 10 heteroatoms. The van der Waals surface area contributed by atoms with Crippen molar-refractivity contribution in [2.75, 3.05) is 11.9 Å². The van der Waals surface area contributed by atoms with Crippen molar-refractivity contribution in [1.82, 2.24) is 9.97 Å². The van der Waals surface area contributed by atoms with E-state index in [0.29, 0.717) is 16.3 Å². The number of halogens is 2. The summed E-state index contributed by atoms with van der Waals surface area (Å²) >= 11 is 11.7. The molecule has 2 aromatic heterocycles. The number of amides is 1. The Morgan fingerprint density at radius 1 is 1.25 bits per heavy atom. The third kappa shape index (κ3) is 4.82. The predicted octanol–water partition coefficient (Wildman–Crippen LogP) is 3.69. The van der Waals surface area contributed by atoms with Gasteiger partial charge in [-0.3, -0.25) is 4.79 Å². The minimum atomic E-state index is -1.14. The van der Waals surface area contributed by atoms with Gasteiger partial charge in [0.2, 0.25) is 0 Å². The number of aryl methyl sites for hydroxylation is 1. The van der Waals surface area contributed by atoms with Crippen molar-refractivity contribution in [3.63, 3.8) is 0 Å². The molecule has 2 heterocycles. The summed E-state index contributed by atoms with van der Waals surface area (Å²) in [5.74, 6) is -1.85. The second-order valence-corrected chi connectivity index (χ2v) is 6.71. The van der Waals surface area contributed by atoms with Gasteiger partial charge >= 0.3 is 11.9 Å². The Kier molecular flexibility index (Phi) is 7.04. The third-order valence-electron chi connectivity index (χ3n) is 3.82. The van der Waals surface area contributed by atoms with Gasteiger partial charge in [-0.15, -0.1) is 0 Å². The van der Waals surface area contributed by atoms with Crippen LogP contribution in [0.25, 0.3) is 0 Å². The van der Waals surface area contributed by atoms with E-state index in [9.17, 15) is 14.4 Å². The van der Waals surface area contributed by atoms with Crippen molar-refractivity contribution in [2.45, 2.75) is 33.8 Å². The maximum atomic E-state index is 12.5. The van der Waals surface area contributed by atoms with Crippen molar-refractivity contribution in [1.29, 1.82) is 0 Å². The number of pyridine rings is 1. The van der Waals surface area contributed by atoms with Gasteiger partial charge in [0.15, 0.2) is 11.9 Å². The smallest absolute Gasteiger partial charge is 0.355 e. The lowest BCUT2D eigenvalue weighted by molar-refractivity contribution is -0.123. The van der Waals surface area contributed by atoms with Crippen LogP contribution in [-0.4, -0.2) is 40.5 Å². The predicted molar refractivity (Wildman–Crippen MR) is 104 cm³/mol. The molecule has 8 nitrogen and oxygen atoms in total. The largest absolute Gasteiger partial charge is 0.461 e. The summed E-state index contributed by atoms with van der Waals surface area (Å²) in [6.07, 6.45) is 0.184. The maximum Gasteiger partial charge on any atom is 0.355 e. The van der Waals surface area contributed by atoms with E-state index in [4.69, 9.17) is 32.7 Å². The average Bonchev–Trinajstić information content (AvgIpc) is 2.92. The number of anilines is 1. The molecule has 1 atom stereocenters. The lowest BCUT2D eigenvalue weighted by atomic mass is 10.1. The molecule has 0 fully saturated rings. The first-order valence-corrected chi connectivity index (χ1v) is 9.10. The molecule has 2 aromatic rings. The Morgan fingerprint density at radius 2 is 1.93 bits per heavy atom. The molecule has 0 aliphatic rings. The molecule has 0 aliphatic heterocycles. The van der Waals surface area contributed by atoms with E-state index in [-0.39, 0.29) is 28.7 Å². The summed E-state index contributed by atoms with van der Waals surface area (Å²) < 4.78 is 10.2. The Labute approximate surface area is 171 Å². The van der Waals surface area contributed by atoms with E-state index in [1.807, 2.05) is 0 Å². The summed E-state index contributed by atoms with van der Waals surface area (Å²) in [6, 6.07) is 1.42. The highest BCUT2D eigenvalue weighted by atomic mass is 35.5. The topological polar surface area (TPSA) is 110 Å². The molecule has 0 saturated heterocycles. The lowest BCUT2D eigenvalue weighted by Gasteiger charge is -2.14. The van der Waals surface area contributed by atoms with Crippen molar-refractivity contribution in [2.24, 2.45) is 0 Å². The molecule has 0 aromatic carbocycles. The van der Waals surface area contributed by atoms with E-state index in [1.54, 1.807) is 20.8 Å². The first-order valence-electron chi connectivity index (χ1n) is 8.34. The van der Waals surface area contributed by atoms with E-state index in [2.05, 4.69) is 15.3 Å². The van der Waals surface area contributed by atoms with Crippen LogP contribution in [0.4, 0.5) is 5.82 Å². The second-order valence-electron chi connectivity index (χ2n) is 5.87. The van der Waals surface area contributed by atoms with Crippen molar-refractivity contribution < 1.29 is 23.9 Å². The van der Waals surface area contributed by atoms with Gasteiger partial charge in [-0.25, -0.2) is 14.6 Å². The number of carbonyl (C=O) groups is 3. The number of carbonyl (C=O) groups excluding carboxylic acids is 3. The van der Waals surface area contributed by atoms with Gasteiger partial charge in [0.05, 0.1) is 22.2 Å². The Balaban J connectivity index is 2.11. The van der Waals surface area contributed by atoms with Crippen LogP contribution in [0.2, 0.25) is 10.0 Å². The average molecular weight is 428 g/mol. The molecule has 0 spiro atoms. The van der Waals surface area contributed by atoms with Crippen LogP contribution in [0.15, 0.2) is 12.3 Å². The highest BCUT2D eigenvalue weighted by Gasteiger charge is 2.27. The number of hydrogen-bond donors (Lipinski definition) is 2. The monoisotopic (exact) mass is 427 g/mol. The highest BCUT2D eigenvalue weighted by molar-refractivity contribution is 6.36. The van der Waals surface area contributed by atoms with Crippen LogP contribution in [0.3, 0.4) is 0 Å².